The van der Waals surface area contributed by atoms with Crippen LogP contribution in [0.3, 0.4) is 0 Å². The van der Waals surface area contributed by atoms with E-state index in [1.54, 1.807) is 11.3 Å². The van der Waals surface area contributed by atoms with E-state index in [1.807, 2.05) is 0 Å². The van der Waals surface area contributed by atoms with Crippen molar-refractivity contribution in [2.45, 2.75) is 38.8 Å². The summed E-state index contributed by atoms with van der Waals surface area (Å²) in [6, 6.07) is 5.20. The van der Waals surface area contributed by atoms with E-state index >= 15 is 0 Å². The molecule has 1 fully saturated rings. The van der Waals surface area contributed by atoms with Crippen LogP contribution >= 0.6 is 35.3 Å². The van der Waals surface area contributed by atoms with Crippen molar-refractivity contribution in [1.29, 1.82) is 0 Å². The zero-order valence-corrected chi connectivity index (χ0v) is 16.3. The molecular weight excluding hydrogens is 395 g/mol. The highest BCUT2D eigenvalue weighted by molar-refractivity contribution is 14.0. The van der Waals surface area contributed by atoms with Gasteiger partial charge in [-0.2, -0.15) is 0 Å². The first kappa shape index (κ1) is 18.7. The molecule has 0 spiro atoms. The van der Waals surface area contributed by atoms with Crippen molar-refractivity contribution in [2.75, 3.05) is 26.7 Å². The summed E-state index contributed by atoms with van der Waals surface area (Å²) in [6.45, 7) is 7.27. The molecule has 0 aromatic carbocycles. The molecule has 1 aromatic rings. The number of likely N-dealkylation sites (N-methyl/N-ethyl adjacent to an activating group) is 1. The number of nitrogens with zero attached hydrogens (tertiary/aromatic N) is 2. The van der Waals surface area contributed by atoms with Crippen LogP contribution in [0.25, 0.3) is 0 Å². The van der Waals surface area contributed by atoms with Gasteiger partial charge in [0.1, 0.15) is 0 Å². The average molecular weight is 422 g/mol. The van der Waals surface area contributed by atoms with Crippen molar-refractivity contribution in [3.63, 3.8) is 0 Å². The number of thiophene rings is 1. The summed E-state index contributed by atoms with van der Waals surface area (Å²) < 4.78 is 0. The summed E-state index contributed by atoms with van der Waals surface area (Å²) in [4.78, 5) is 8.33. The highest BCUT2D eigenvalue weighted by Crippen LogP contribution is 2.20. The number of nitrogens with one attached hydrogen (secondary N) is 2. The molecule has 0 aliphatic heterocycles. The largest absolute Gasteiger partial charge is 0.354 e. The molecule has 1 saturated carbocycles. The Morgan fingerprint density at radius 3 is 2.86 bits per heavy atom. The van der Waals surface area contributed by atoms with Gasteiger partial charge in [0.25, 0.3) is 0 Å². The summed E-state index contributed by atoms with van der Waals surface area (Å²) in [7, 11) is 2.13. The van der Waals surface area contributed by atoms with Gasteiger partial charge < -0.3 is 15.5 Å². The Hall–Kier alpha value is -0.340. The van der Waals surface area contributed by atoms with Crippen LogP contribution in [0.5, 0.6) is 0 Å². The lowest BCUT2D eigenvalue weighted by Crippen LogP contribution is -2.40. The summed E-state index contributed by atoms with van der Waals surface area (Å²) in [5.41, 5.74) is 0. The zero-order valence-electron chi connectivity index (χ0n) is 13.1. The van der Waals surface area contributed by atoms with Crippen LogP contribution in [0.2, 0.25) is 0 Å². The number of halogens is 1. The molecule has 2 rings (SSSR count). The van der Waals surface area contributed by atoms with Gasteiger partial charge in [0, 0.05) is 17.5 Å². The van der Waals surface area contributed by atoms with Gasteiger partial charge in [0.05, 0.1) is 12.6 Å². The monoisotopic (exact) mass is 422 g/mol. The second-order valence-electron chi connectivity index (χ2n) is 5.43. The van der Waals surface area contributed by atoms with E-state index in [9.17, 15) is 0 Å². The maximum Gasteiger partial charge on any atom is 0.192 e. The van der Waals surface area contributed by atoms with Crippen LogP contribution in [0.15, 0.2) is 22.5 Å². The van der Waals surface area contributed by atoms with E-state index in [1.165, 1.54) is 17.7 Å². The normalized spacial score (nSPS) is 16.5. The minimum Gasteiger partial charge on any atom is -0.354 e. The Kier molecular flexibility index (Phi) is 8.58. The summed E-state index contributed by atoms with van der Waals surface area (Å²) in [5, 5.41) is 9.13. The van der Waals surface area contributed by atoms with Gasteiger partial charge in [-0.3, -0.25) is 4.99 Å². The van der Waals surface area contributed by atoms with E-state index in [2.05, 4.69) is 53.9 Å². The van der Waals surface area contributed by atoms with Gasteiger partial charge in [-0.05, 0) is 44.8 Å². The first-order valence-corrected chi connectivity index (χ1v) is 8.36. The summed E-state index contributed by atoms with van der Waals surface area (Å²) in [5.74, 6) is 0.956. The fourth-order valence-electron chi connectivity index (χ4n) is 1.86. The Bertz CT molecular complexity index is 417. The molecule has 1 aromatic heterocycles. The van der Waals surface area contributed by atoms with Crippen LogP contribution < -0.4 is 10.6 Å². The fraction of sp³-hybridized carbons (Fsp3) is 0.667. The van der Waals surface area contributed by atoms with Gasteiger partial charge in [-0.25, -0.2) is 0 Å². The highest BCUT2D eigenvalue weighted by atomic mass is 127. The predicted molar refractivity (Wildman–Crippen MR) is 103 cm³/mol. The van der Waals surface area contributed by atoms with E-state index in [0.717, 1.165) is 25.6 Å². The Labute approximate surface area is 149 Å². The molecule has 1 heterocycles. The molecule has 6 heteroatoms. The molecule has 120 valence electrons. The fourth-order valence-corrected chi connectivity index (χ4v) is 2.59. The molecule has 1 aliphatic carbocycles. The van der Waals surface area contributed by atoms with Crippen LogP contribution in [0, 0.1) is 0 Å². The van der Waals surface area contributed by atoms with Crippen molar-refractivity contribution in [2.24, 2.45) is 4.99 Å². The van der Waals surface area contributed by atoms with Crippen molar-refractivity contribution in [3.8, 4) is 0 Å². The van der Waals surface area contributed by atoms with E-state index in [-0.39, 0.29) is 24.0 Å². The SMILES string of the molecule is CCN(C)CCN=C(NC1CC1)NC(C)c1cccs1.I. The molecule has 1 unspecified atom stereocenters. The lowest BCUT2D eigenvalue weighted by molar-refractivity contribution is 0.363. The third-order valence-electron chi connectivity index (χ3n) is 3.53. The molecule has 0 amide bonds. The van der Waals surface area contributed by atoms with E-state index in [0.29, 0.717) is 12.1 Å². The second-order valence-corrected chi connectivity index (χ2v) is 6.41. The molecule has 21 heavy (non-hydrogen) atoms. The Morgan fingerprint density at radius 2 is 2.29 bits per heavy atom. The van der Waals surface area contributed by atoms with Gasteiger partial charge in [0.15, 0.2) is 5.96 Å². The molecule has 1 aliphatic rings. The van der Waals surface area contributed by atoms with Crippen molar-refractivity contribution < 1.29 is 0 Å². The maximum atomic E-state index is 4.70. The molecule has 0 bridgehead atoms. The van der Waals surface area contributed by atoms with Crippen molar-refractivity contribution >= 4 is 41.3 Å². The Balaban J connectivity index is 0.00000220. The number of hydrogen-bond acceptors (Lipinski definition) is 3. The first-order valence-electron chi connectivity index (χ1n) is 7.48. The average Bonchev–Trinajstić information content (AvgIpc) is 3.08. The molecule has 4 nitrogen and oxygen atoms in total. The van der Waals surface area contributed by atoms with Crippen LogP contribution in [0.4, 0.5) is 0 Å². The standard InChI is InChI=1S/C15H26N4S.HI/c1-4-19(3)10-9-16-15(18-13-7-8-13)17-12(2)14-6-5-11-20-14;/h5-6,11-13H,4,7-10H2,1-3H3,(H2,16,17,18);1H. The smallest absolute Gasteiger partial charge is 0.192 e. The minimum absolute atomic E-state index is 0. The second kappa shape index (κ2) is 9.63. The van der Waals surface area contributed by atoms with Crippen LogP contribution in [-0.4, -0.2) is 43.6 Å². The third-order valence-corrected chi connectivity index (χ3v) is 4.59. The first-order chi connectivity index (χ1) is 9.69. The van der Waals surface area contributed by atoms with Gasteiger partial charge in [0.2, 0.25) is 0 Å². The van der Waals surface area contributed by atoms with Crippen LogP contribution in [0.1, 0.15) is 37.6 Å². The molecule has 1 atom stereocenters. The summed E-state index contributed by atoms with van der Waals surface area (Å²) in [6.07, 6.45) is 2.53. The molecular formula is C15H27IN4S. The molecule has 0 radical (unpaired) electrons. The number of hydrogen-bond donors (Lipinski definition) is 2. The van der Waals surface area contributed by atoms with E-state index < -0.39 is 0 Å². The minimum atomic E-state index is 0. The lowest BCUT2D eigenvalue weighted by atomic mass is 10.3. The van der Waals surface area contributed by atoms with Crippen molar-refractivity contribution in [3.05, 3.63) is 22.4 Å². The topological polar surface area (TPSA) is 39.7 Å². The van der Waals surface area contributed by atoms with Gasteiger partial charge >= 0.3 is 0 Å². The van der Waals surface area contributed by atoms with Gasteiger partial charge in [-0.15, -0.1) is 35.3 Å². The maximum absolute atomic E-state index is 4.70. The number of guanidine groups is 1. The van der Waals surface area contributed by atoms with E-state index in [4.69, 9.17) is 4.99 Å². The Morgan fingerprint density at radius 1 is 1.52 bits per heavy atom. The highest BCUT2D eigenvalue weighted by Gasteiger charge is 2.23. The zero-order chi connectivity index (χ0) is 14.4. The number of rotatable bonds is 7. The predicted octanol–water partition coefficient (Wildman–Crippen LogP) is 3.08. The molecule has 2 N–H and O–H groups in total. The quantitative estimate of drug-likeness (QED) is 0.403. The third kappa shape index (κ3) is 6.97. The van der Waals surface area contributed by atoms with Gasteiger partial charge in [-0.1, -0.05) is 13.0 Å². The lowest BCUT2D eigenvalue weighted by Gasteiger charge is -2.18. The van der Waals surface area contributed by atoms with Crippen LogP contribution in [-0.2, 0) is 0 Å². The molecule has 0 saturated heterocycles. The number of aliphatic imine (C=N–C) groups is 1. The van der Waals surface area contributed by atoms with Crippen molar-refractivity contribution in [1.82, 2.24) is 15.5 Å². The summed E-state index contributed by atoms with van der Waals surface area (Å²) >= 11 is 1.79.